The fourth-order valence-electron chi connectivity index (χ4n) is 2.43. The summed E-state index contributed by atoms with van der Waals surface area (Å²) in [4.78, 5) is 12.2. The van der Waals surface area contributed by atoms with Gasteiger partial charge < -0.3 is 9.47 Å². The number of hydrogen-bond donors (Lipinski definition) is 1. The quantitative estimate of drug-likeness (QED) is 0.909. The first-order valence-electron chi connectivity index (χ1n) is 7.91. The van der Waals surface area contributed by atoms with Crippen LogP contribution in [0.3, 0.4) is 0 Å². The molecule has 0 aliphatic carbocycles. The zero-order chi connectivity index (χ0) is 18.0. The molecule has 2 aromatic carbocycles. The van der Waals surface area contributed by atoms with Crippen molar-refractivity contribution in [2.75, 3.05) is 13.2 Å². The monoisotopic (exact) mass is 361 g/mol. The number of sulfonamides is 1. The molecule has 1 aliphatic heterocycles. The Labute approximate surface area is 146 Å². The van der Waals surface area contributed by atoms with Gasteiger partial charge in [0.2, 0.25) is 0 Å². The number of carbonyl (C=O) groups is 1. The van der Waals surface area contributed by atoms with Crippen molar-refractivity contribution in [3.05, 3.63) is 53.1 Å². The van der Waals surface area contributed by atoms with Crippen molar-refractivity contribution >= 4 is 15.9 Å². The van der Waals surface area contributed by atoms with E-state index in [4.69, 9.17) is 9.47 Å². The Kier molecular flexibility index (Phi) is 4.67. The molecule has 25 heavy (non-hydrogen) atoms. The van der Waals surface area contributed by atoms with Gasteiger partial charge in [0.05, 0.1) is 18.1 Å². The van der Waals surface area contributed by atoms with Crippen molar-refractivity contribution < 1.29 is 22.7 Å². The fraction of sp³-hybridized carbons (Fsp3) is 0.278. The van der Waals surface area contributed by atoms with Crippen LogP contribution in [0.2, 0.25) is 0 Å². The van der Waals surface area contributed by atoms with E-state index in [-0.39, 0.29) is 4.90 Å². The number of ether oxygens (including phenoxy) is 2. The zero-order valence-electron chi connectivity index (χ0n) is 14.0. The molecule has 3 rings (SSSR count). The molecule has 0 aromatic heterocycles. The summed E-state index contributed by atoms with van der Waals surface area (Å²) in [5.74, 6) is 0.186. The summed E-state index contributed by atoms with van der Waals surface area (Å²) >= 11 is 0. The van der Waals surface area contributed by atoms with E-state index in [1.165, 1.54) is 18.2 Å². The minimum Gasteiger partial charge on any atom is -0.490 e. The van der Waals surface area contributed by atoms with Crippen LogP contribution in [0.5, 0.6) is 11.5 Å². The van der Waals surface area contributed by atoms with Gasteiger partial charge in [0.1, 0.15) is 0 Å². The Balaban J connectivity index is 1.85. The molecule has 0 fully saturated rings. The molecule has 6 nitrogen and oxygen atoms in total. The second kappa shape index (κ2) is 6.76. The van der Waals surface area contributed by atoms with Crippen LogP contribution in [0.4, 0.5) is 0 Å². The Morgan fingerprint density at radius 2 is 1.68 bits per heavy atom. The first-order chi connectivity index (χ1) is 11.9. The van der Waals surface area contributed by atoms with Gasteiger partial charge in [0, 0.05) is 18.1 Å². The predicted molar refractivity (Wildman–Crippen MR) is 92.6 cm³/mol. The molecular weight excluding hydrogens is 342 g/mol. The molecule has 2 aromatic rings. The van der Waals surface area contributed by atoms with Gasteiger partial charge in [-0.2, -0.15) is 0 Å². The van der Waals surface area contributed by atoms with E-state index in [1.807, 2.05) is 13.8 Å². The molecule has 0 saturated heterocycles. The van der Waals surface area contributed by atoms with Crippen LogP contribution >= 0.6 is 0 Å². The normalized spacial score (nSPS) is 13.8. The second-order valence-electron chi connectivity index (χ2n) is 5.89. The average Bonchev–Trinajstić information content (AvgIpc) is 2.81. The van der Waals surface area contributed by atoms with E-state index in [9.17, 15) is 13.2 Å². The van der Waals surface area contributed by atoms with Crippen molar-refractivity contribution in [3.8, 4) is 11.5 Å². The van der Waals surface area contributed by atoms with Gasteiger partial charge in [0.15, 0.2) is 11.5 Å². The van der Waals surface area contributed by atoms with E-state index in [0.29, 0.717) is 30.3 Å². The molecule has 132 valence electrons. The molecule has 1 heterocycles. The number of hydrogen-bond acceptors (Lipinski definition) is 5. The lowest BCUT2D eigenvalue weighted by molar-refractivity contribution is 0.0981. The van der Waals surface area contributed by atoms with Gasteiger partial charge >= 0.3 is 0 Å². The minimum absolute atomic E-state index is 0.0473. The Morgan fingerprint density at radius 1 is 0.960 bits per heavy atom. The van der Waals surface area contributed by atoms with Gasteiger partial charge in [-0.15, -0.1) is 0 Å². The highest BCUT2D eigenvalue weighted by atomic mass is 32.2. The molecule has 7 heteroatoms. The SMILES string of the molecule is Cc1ccc(C(=O)NS(=O)(=O)c2ccc3c(c2)OCCCO3)cc1C. The first-order valence-corrected chi connectivity index (χ1v) is 9.39. The molecule has 0 unspecified atom stereocenters. The number of aryl methyl sites for hydroxylation is 2. The molecular formula is C18H19NO5S. The maximum atomic E-state index is 12.5. The number of nitrogens with one attached hydrogen (secondary N) is 1. The maximum Gasteiger partial charge on any atom is 0.265 e. The zero-order valence-corrected chi connectivity index (χ0v) is 14.9. The second-order valence-corrected chi connectivity index (χ2v) is 7.58. The molecule has 0 atom stereocenters. The number of fused-ring (bicyclic) bond motifs is 1. The van der Waals surface area contributed by atoms with Gasteiger partial charge in [-0.05, 0) is 49.2 Å². The largest absolute Gasteiger partial charge is 0.490 e. The van der Waals surface area contributed by atoms with Gasteiger partial charge in [0.25, 0.3) is 15.9 Å². The van der Waals surface area contributed by atoms with Crippen LogP contribution in [-0.4, -0.2) is 27.5 Å². The van der Waals surface area contributed by atoms with Crippen LogP contribution in [0, 0.1) is 13.8 Å². The van der Waals surface area contributed by atoms with Crippen LogP contribution in [0.1, 0.15) is 27.9 Å². The van der Waals surface area contributed by atoms with Crippen molar-refractivity contribution in [1.29, 1.82) is 0 Å². The number of amides is 1. The summed E-state index contributed by atoms with van der Waals surface area (Å²) in [5.41, 5.74) is 2.24. The maximum absolute atomic E-state index is 12.5. The lowest BCUT2D eigenvalue weighted by Crippen LogP contribution is -2.30. The van der Waals surface area contributed by atoms with Gasteiger partial charge in [-0.1, -0.05) is 6.07 Å². The summed E-state index contributed by atoms with van der Waals surface area (Å²) < 4.78 is 38.1. The molecule has 0 radical (unpaired) electrons. The smallest absolute Gasteiger partial charge is 0.265 e. The third kappa shape index (κ3) is 3.76. The van der Waals surface area contributed by atoms with E-state index < -0.39 is 15.9 Å². The highest BCUT2D eigenvalue weighted by Gasteiger charge is 2.22. The Bertz CT molecular complexity index is 921. The van der Waals surface area contributed by atoms with Crippen molar-refractivity contribution in [2.45, 2.75) is 25.2 Å². The average molecular weight is 361 g/mol. The summed E-state index contributed by atoms with van der Waals surface area (Å²) in [6, 6.07) is 9.34. The van der Waals surface area contributed by atoms with Crippen LogP contribution in [-0.2, 0) is 10.0 Å². The third-order valence-corrected chi connectivity index (χ3v) is 5.35. The topological polar surface area (TPSA) is 81.7 Å². The summed E-state index contributed by atoms with van der Waals surface area (Å²) in [6.07, 6.45) is 0.722. The summed E-state index contributed by atoms with van der Waals surface area (Å²) in [6.45, 7) is 4.75. The molecule has 0 saturated carbocycles. The standard InChI is InChI=1S/C18H19NO5S/c1-12-4-5-14(10-13(12)2)18(20)19-25(21,22)15-6-7-16-17(11-15)24-9-3-8-23-16/h4-7,10-11H,3,8-9H2,1-2H3,(H,19,20). The van der Waals surface area contributed by atoms with E-state index in [2.05, 4.69) is 4.72 Å². The van der Waals surface area contributed by atoms with Crippen LogP contribution < -0.4 is 14.2 Å². The summed E-state index contributed by atoms with van der Waals surface area (Å²) in [7, 11) is -4.01. The third-order valence-electron chi connectivity index (χ3n) is 4.03. The lowest BCUT2D eigenvalue weighted by Gasteiger charge is -2.11. The van der Waals surface area contributed by atoms with Crippen molar-refractivity contribution in [2.24, 2.45) is 0 Å². The van der Waals surface area contributed by atoms with Crippen molar-refractivity contribution in [3.63, 3.8) is 0 Å². The predicted octanol–water partition coefficient (Wildman–Crippen LogP) is 2.58. The number of benzene rings is 2. The van der Waals surface area contributed by atoms with E-state index >= 15 is 0 Å². The molecule has 1 N–H and O–H groups in total. The molecule has 0 bridgehead atoms. The minimum atomic E-state index is -4.01. The highest BCUT2D eigenvalue weighted by molar-refractivity contribution is 7.90. The van der Waals surface area contributed by atoms with Gasteiger partial charge in [-0.3, -0.25) is 4.79 Å². The lowest BCUT2D eigenvalue weighted by atomic mass is 10.1. The van der Waals surface area contributed by atoms with E-state index in [1.54, 1.807) is 18.2 Å². The van der Waals surface area contributed by atoms with Crippen molar-refractivity contribution in [1.82, 2.24) is 4.72 Å². The molecule has 0 spiro atoms. The van der Waals surface area contributed by atoms with Gasteiger partial charge in [-0.25, -0.2) is 13.1 Å². The number of carbonyl (C=O) groups excluding carboxylic acids is 1. The Morgan fingerprint density at radius 3 is 2.40 bits per heavy atom. The molecule has 1 aliphatic rings. The first kappa shape index (κ1) is 17.3. The number of rotatable bonds is 3. The highest BCUT2D eigenvalue weighted by Crippen LogP contribution is 2.31. The van der Waals surface area contributed by atoms with Crippen LogP contribution in [0.25, 0.3) is 0 Å². The Hall–Kier alpha value is -2.54. The molecule has 1 amide bonds. The van der Waals surface area contributed by atoms with Crippen LogP contribution in [0.15, 0.2) is 41.3 Å². The summed E-state index contributed by atoms with van der Waals surface area (Å²) in [5, 5.41) is 0. The fourth-order valence-corrected chi connectivity index (χ4v) is 3.42. The van der Waals surface area contributed by atoms with E-state index in [0.717, 1.165) is 17.5 Å².